The van der Waals surface area contributed by atoms with E-state index >= 15 is 0 Å². The number of nitrogens with one attached hydrogen (secondary N) is 1. The number of hydrogen-bond donors (Lipinski definition) is 1. The first-order valence-corrected chi connectivity index (χ1v) is 9.77. The highest BCUT2D eigenvalue weighted by molar-refractivity contribution is 7.91. The van der Waals surface area contributed by atoms with Crippen LogP contribution in [-0.4, -0.2) is 36.7 Å². The zero-order chi connectivity index (χ0) is 18.0. The molecule has 132 valence electrons. The summed E-state index contributed by atoms with van der Waals surface area (Å²) in [5.74, 6) is -0.209. The minimum atomic E-state index is -3.46. The zero-order valence-electron chi connectivity index (χ0n) is 13.5. The van der Waals surface area contributed by atoms with Crippen LogP contribution in [-0.2, 0) is 21.0 Å². The zero-order valence-corrected chi connectivity index (χ0v) is 15.0. The molecule has 0 spiro atoms. The van der Waals surface area contributed by atoms with Crippen LogP contribution in [0.2, 0.25) is 5.28 Å². The lowest BCUT2D eigenvalue weighted by atomic mass is 10.2. The lowest BCUT2D eigenvalue weighted by molar-refractivity contribution is 0.0526. The van der Waals surface area contributed by atoms with E-state index < -0.39 is 15.8 Å². The minimum absolute atomic E-state index is 0.0125. The maximum atomic E-state index is 12.4. The van der Waals surface area contributed by atoms with Crippen molar-refractivity contribution in [2.24, 2.45) is 0 Å². The van der Waals surface area contributed by atoms with Crippen LogP contribution in [0, 0.1) is 0 Å². The SMILES string of the molecule is CCOC(=O)c1ccc(Nc2nc(Cl)nc3c2S(=O)(=O)CCC3)cc1. The van der Waals surface area contributed by atoms with Crippen molar-refractivity contribution in [1.82, 2.24) is 9.97 Å². The molecule has 9 heteroatoms. The van der Waals surface area contributed by atoms with Crippen LogP contribution >= 0.6 is 11.6 Å². The lowest BCUT2D eigenvalue weighted by Gasteiger charge is -2.19. The molecule has 0 radical (unpaired) electrons. The fourth-order valence-electron chi connectivity index (χ4n) is 2.62. The molecule has 0 unspecified atom stereocenters. The Bertz CT molecular complexity index is 914. The standard InChI is InChI=1S/C16H16ClN3O4S/c1-2-24-15(21)10-5-7-11(8-6-10)18-14-13-12(19-16(17)20-14)4-3-9-25(13,22)23/h5-8H,2-4,9H2,1H3,(H,18,19,20). The Morgan fingerprint density at radius 2 is 2.00 bits per heavy atom. The summed E-state index contributed by atoms with van der Waals surface area (Å²) < 4.78 is 29.7. The van der Waals surface area contributed by atoms with Gasteiger partial charge in [0.2, 0.25) is 5.28 Å². The summed E-state index contributed by atoms with van der Waals surface area (Å²) in [6.45, 7) is 2.03. The van der Waals surface area contributed by atoms with E-state index in [-0.39, 0.29) is 21.7 Å². The van der Waals surface area contributed by atoms with Crippen molar-refractivity contribution in [2.75, 3.05) is 17.7 Å². The first kappa shape index (κ1) is 17.6. The van der Waals surface area contributed by atoms with E-state index in [1.54, 1.807) is 31.2 Å². The van der Waals surface area contributed by atoms with E-state index in [1.807, 2.05) is 0 Å². The molecule has 0 fully saturated rings. The van der Waals surface area contributed by atoms with Gasteiger partial charge in [0.15, 0.2) is 15.7 Å². The van der Waals surface area contributed by atoms with Gasteiger partial charge in [-0.05, 0) is 55.6 Å². The summed E-state index contributed by atoms with van der Waals surface area (Å²) in [4.78, 5) is 19.9. The van der Waals surface area contributed by atoms with Crippen molar-refractivity contribution in [3.05, 3.63) is 40.8 Å². The highest BCUT2D eigenvalue weighted by Crippen LogP contribution is 2.32. The minimum Gasteiger partial charge on any atom is -0.462 e. The molecule has 0 atom stereocenters. The molecule has 0 amide bonds. The van der Waals surface area contributed by atoms with Crippen LogP contribution in [0.4, 0.5) is 11.5 Å². The second-order valence-electron chi connectivity index (χ2n) is 5.46. The molecule has 0 saturated heterocycles. The second kappa shape index (κ2) is 6.97. The van der Waals surface area contributed by atoms with Gasteiger partial charge in [-0.3, -0.25) is 0 Å². The molecule has 0 saturated carbocycles. The smallest absolute Gasteiger partial charge is 0.338 e. The Morgan fingerprint density at radius 1 is 1.28 bits per heavy atom. The summed E-state index contributed by atoms with van der Waals surface area (Å²) in [6.07, 6.45) is 1.05. The van der Waals surface area contributed by atoms with Gasteiger partial charge in [0.05, 0.1) is 23.6 Å². The molecule has 1 aromatic heterocycles. The molecular weight excluding hydrogens is 366 g/mol. The van der Waals surface area contributed by atoms with Crippen molar-refractivity contribution >= 4 is 38.9 Å². The number of anilines is 2. The van der Waals surface area contributed by atoms with E-state index in [4.69, 9.17) is 16.3 Å². The fourth-order valence-corrected chi connectivity index (χ4v) is 4.43. The number of esters is 1. The predicted octanol–water partition coefficient (Wildman–Crippen LogP) is 2.77. The molecule has 1 aliphatic heterocycles. The van der Waals surface area contributed by atoms with Crippen molar-refractivity contribution in [1.29, 1.82) is 0 Å². The average molecular weight is 382 g/mol. The predicted molar refractivity (Wildman–Crippen MR) is 93.1 cm³/mol. The monoisotopic (exact) mass is 381 g/mol. The van der Waals surface area contributed by atoms with Gasteiger partial charge < -0.3 is 10.1 Å². The number of hydrogen-bond acceptors (Lipinski definition) is 7. The fraction of sp³-hybridized carbons (Fsp3) is 0.312. The molecule has 7 nitrogen and oxygen atoms in total. The number of rotatable bonds is 4. The van der Waals surface area contributed by atoms with Gasteiger partial charge in [0.25, 0.3) is 0 Å². The molecule has 1 aromatic carbocycles. The Balaban J connectivity index is 1.94. The molecular formula is C16H16ClN3O4S. The maximum absolute atomic E-state index is 12.4. The summed E-state index contributed by atoms with van der Waals surface area (Å²) in [7, 11) is -3.46. The number of sulfone groups is 1. The van der Waals surface area contributed by atoms with E-state index in [0.29, 0.717) is 36.4 Å². The number of halogens is 1. The van der Waals surface area contributed by atoms with E-state index in [1.165, 1.54) is 0 Å². The molecule has 0 aliphatic carbocycles. The summed E-state index contributed by atoms with van der Waals surface area (Å²) >= 11 is 5.92. The Kier molecular flexibility index (Phi) is 4.91. The van der Waals surface area contributed by atoms with Crippen molar-refractivity contribution in [3.63, 3.8) is 0 Å². The number of benzene rings is 1. The first-order valence-electron chi connectivity index (χ1n) is 7.74. The van der Waals surface area contributed by atoms with E-state index in [0.717, 1.165) is 0 Å². The largest absolute Gasteiger partial charge is 0.462 e. The Labute approximate surface area is 150 Å². The third kappa shape index (κ3) is 3.74. The highest BCUT2D eigenvalue weighted by atomic mass is 35.5. The topological polar surface area (TPSA) is 98.2 Å². The van der Waals surface area contributed by atoms with Gasteiger partial charge in [-0.2, -0.15) is 4.98 Å². The van der Waals surface area contributed by atoms with E-state index in [9.17, 15) is 13.2 Å². The molecule has 1 aliphatic rings. The molecule has 1 N–H and O–H groups in total. The van der Waals surface area contributed by atoms with Crippen LogP contribution in [0.15, 0.2) is 29.2 Å². The Hall–Kier alpha value is -2.19. The quantitative estimate of drug-likeness (QED) is 0.642. The van der Waals surface area contributed by atoms with Crippen molar-refractivity contribution < 1.29 is 17.9 Å². The van der Waals surface area contributed by atoms with E-state index in [2.05, 4.69) is 15.3 Å². The number of aromatic nitrogens is 2. The van der Waals surface area contributed by atoms with Crippen molar-refractivity contribution in [3.8, 4) is 0 Å². The molecule has 0 bridgehead atoms. The molecule has 3 rings (SSSR count). The van der Waals surface area contributed by atoms with Gasteiger partial charge in [0, 0.05) is 5.69 Å². The molecule has 2 heterocycles. The number of ether oxygens (including phenoxy) is 1. The Morgan fingerprint density at radius 3 is 2.68 bits per heavy atom. The number of carbonyl (C=O) groups excluding carboxylic acids is 1. The third-order valence-corrected chi connectivity index (χ3v) is 5.75. The first-order chi connectivity index (χ1) is 11.9. The van der Waals surface area contributed by atoms with Crippen LogP contribution in [0.25, 0.3) is 0 Å². The third-order valence-electron chi connectivity index (χ3n) is 3.70. The summed E-state index contributed by atoms with van der Waals surface area (Å²) in [5, 5.41) is 2.95. The highest BCUT2D eigenvalue weighted by Gasteiger charge is 2.30. The van der Waals surface area contributed by atoms with Gasteiger partial charge in [-0.25, -0.2) is 18.2 Å². The maximum Gasteiger partial charge on any atom is 0.338 e. The van der Waals surface area contributed by atoms with Gasteiger partial charge in [-0.15, -0.1) is 0 Å². The number of carbonyl (C=O) groups is 1. The van der Waals surface area contributed by atoms with Crippen LogP contribution in [0.5, 0.6) is 0 Å². The average Bonchev–Trinajstić information content (AvgIpc) is 2.54. The number of fused-ring (bicyclic) bond motifs is 1. The van der Waals surface area contributed by atoms with Crippen molar-refractivity contribution in [2.45, 2.75) is 24.7 Å². The van der Waals surface area contributed by atoms with Gasteiger partial charge >= 0.3 is 5.97 Å². The molecule has 25 heavy (non-hydrogen) atoms. The van der Waals surface area contributed by atoms with Gasteiger partial charge in [-0.1, -0.05) is 0 Å². The summed E-state index contributed by atoms with van der Waals surface area (Å²) in [5.41, 5.74) is 1.41. The van der Waals surface area contributed by atoms with Crippen LogP contribution in [0.3, 0.4) is 0 Å². The van der Waals surface area contributed by atoms with Gasteiger partial charge in [0.1, 0.15) is 4.90 Å². The van der Waals surface area contributed by atoms with Crippen LogP contribution in [0.1, 0.15) is 29.4 Å². The van der Waals surface area contributed by atoms with Crippen LogP contribution < -0.4 is 5.32 Å². The summed E-state index contributed by atoms with van der Waals surface area (Å²) in [6, 6.07) is 6.46. The number of aryl methyl sites for hydroxylation is 1. The number of nitrogens with zero attached hydrogens (tertiary/aromatic N) is 2. The molecule has 2 aromatic rings. The lowest BCUT2D eigenvalue weighted by Crippen LogP contribution is -2.20. The second-order valence-corrected chi connectivity index (χ2v) is 7.85. The normalized spacial score (nSPS) is 15.3.